The molecular formula is C42H24NO3PS. The van der Waals surface area contributed by atoms with Crippen molar-refractivity contribution in [2.24, 2.45) is 0 Å². The lowest BCUT2D eigenvalue weighted by atomic mass is 10.0. The first-order valence-electron chi connectivity index (χ1n) is 15.9. The van der Waals surface area contributed by atoms with Gasteiger partial charge < -0.3 is 18.6 Å². The maximum atomic E-state index is 15.7. The highest BCUT2D eigenvalue weighted by atomic mass is 32.1. The number of benzene rings is 7. The summed E-state index contributed by atoms with van der Waals surface area (Å²) in [6.07, 6.45) is 0. The molecule has 0 saturated heterocycles. The number of aromatic nitrogens is 1. The van der Waals surface area contributed by atoms with Crippen LogP contribution in [0.5, 0.6) is 23.0 Å². The van der Waals surface area contributed by atoms with Crippen molar-refractivity contribution >= 4 is 76.4 Å². The van der Waals surface area contributed by atoms with E-state index in [1.807, 2.05) is 42.5 Å². The molecule has 0 N–H and O–H groups in total. The predicted octanol–water partition coefficient (Wildman–Crippen LogP) is 10.7. The minimum atomic E-state index is -3.32. The van der Waals surface area contributed by atoms with Gasteiger partial charge in [0.1, 0.15) is 28.3 Å². The van der Waals surface area contributed by atoms with Gasteiger partial charge in [-0.05, 0) is 77.9 Å². The Kier molecular flexibility index (Phi) is 5.23. The highest BCUT2D eigenvalue weighted by Crippen LogP contribution is 2.60. The average molecular weight is 654 g/mol. The Bertz CT molecular complexity index is 2830. The standard InChI is InChI=1S/C42H24NO3PS/c44-47-36-15-7-6-14-33(36)45-34-23-26(24-35(42(34)47)46-41-37(47)21-22-39-40(41)30-11-3-8-16-38(30)48-39)25-17-19-27(20-18-25)43-31-12-4-1-9-28(31)29-10-2-5-13-32(29)43/h1-24H. The lowest BCUT2D eigenvalue weighted by Gasteiger charge is -2.35. The second kappa shape index (κ2) is 9.48. The van der Waals surface area contributed by atoms with Crippen LogP contribution in [0.25, 0.3) is 58.8 Å². The first kappa shape index (κ1) is 26.5. The Morgan fingerprint density at radius 1 is 0.521 bits per heavy atom. The number of para-hydroxylation sites is 3. The molecule has 0 amide bonds. The summed E-state index contributed by atoms with van der Waals surface area (Å²) in [4.78, 5) is 0. The van der Waals surface area contributed by atoms with Crippen LogP contribution < -0.4 is 25.4 Å². The van der Waals surface area contributed by atoms with Gasteiger partial charge in [0.05, 0.1) is 21.6 Å². The minimum Gasteiger partial charge on any atom is -0.456 e. The average Bonchev–Trinajstić information content (AvgIpc) is 3.68. The number of thiophene rings is 1. The van der Waals surface area contributed by atoms with Gasteiger partial charge in [-0.3, -0.25) is 0 Å². The van der Waals surface area contributed by atoms with Crippen molar-refractivity contribution in [1.82, 2.24) is 4.57 Å². The molecule has 4 heterocycles. The summed E-state index contributed by atoms with van der Waals surface area (Å²) in [5.74, 6) is 2.47. The first-order valence-corrected chi connectivity index (χ1v) is 18.5. The number of rotatable bonds is 2. The predicted molar refractivity (Wildman–Crippen MR) is 199 cm³/mol. The molecule has 6 heteroatoms. The quantitative estimate of drug-likeness (QED) is 0.174. The van der Waals surface area contributed by atoms with E-state index < -0.39 is 7.14 Å². The second-order valence-electron chi connectivity index (χ2n) is 12.4. The van der Waals surface area contributed by atoms with E-state index in [4.69, 9.17) is 9.47 Å². The highest BCUT2D eigenvalue weighted by molar-refractivity contribution is 7.86. The zero-order valence-corrected chi connectivity index (χ0v) is 27.1. The third-order valence-electron chi connectivity index (χ3n) is 9.84. The number of hydrogen-bond donors (Lipinski definition) is 0. The van der Waals surface area contributed by atoms with Crippen LogP contribution in [0.4, 0.5) is 0 Å². The van der Waals surface area contributed by atoms with Gasteiger partial charge in [0, 0.05) is 36.6 Å². The SMILES string of the molecule is O=P12c3ccccc3Oc3cc(-c4ccc(-n5c6ccccc6c6ccccc65)cc4)cc(c31)Oc1c2ccc2sc3ccccc3c12. The number of hydrogen-bond acceptors (Lipinski definition) is 4. The molecule has 0 spiro atoms. The summed E-state index contributed by atoms with van der Waals surface area (Å²) in [6.45, 7) is 0. The van der Waals surface area contributed by atoms with E-state index in [9.17, 15) is 0 Å². The van der Waals surface area contributed by atoms with E-state index in [1.54, 1.807) is 11.3 Å². The monoisotopic (exact) mass is 653 g/mol. The van der Waals surface area contributed by atoms with Crippen molar-refractivity contribution in [3.63, 3.8) is 0 Å². The zero-order chi connectivity index (χ0) is 31.6. The van der Waals surface area contributed by atoms with E-state index in [1.165, 1.54) is 26.5 Å². The maximum Gasteiger partial charge on any atom is 0.185 e. The molecule has 2 aliphatic rings. The maximum absolute atomic E-state index is 15.7. The lowest BCUT2D eigenvalue weighted by molar-refractivity contribution is 0.464. The molecule has 226 valence electrons. The Balaban J connectivity index is 1.11. The molecule has 0 radical (unpaired) electrons. The van der Waals surface area contributed by atoms with Crippen LogP contribution in [0.2, 0.25) is 0 Å². The summed E-state index contributed by atoms with van der Waals surface area (Å²) in [5, 5.41) is 6.67. The fourth-order valence-electron chi connectivity index (χ4n) is 7.75. The number of nitrogens with zero attached hydrogens (tertiary/aromatic N) is 1. The van der Waals surface area contributed by atoms with Crippen LogP contribution in [0.15, 0.2) is 146 Å². The summed E-state index contributed by atoms with van der Waals surface area (Å²) in [7, 11) is -3.32. The largest absolute Gasteiger partial charge is 0.456 e. The van der Waals surface area contributed by atoms with E-state index >= 15 is 4.57 Å². The molecule has 0 fully saturated rings. The molecule has 1 atom stereocenters. The lowest BCUT2D eigenvalue weighted by Crippen LogP contribution is -2.35. The first-order chi connectivity index (χ1) is 23.7. The van der Waals surface area contributed by atoms with E-state index in [0.717, 1.165) is 37.6 Å². The smallest absolute Gasteiger partial charge is 0.185 e. The van der Waals surface area contributed by atoms with Gasteiger partial charge in [0.2, 0.25) is 0 Å². The van der Waals surface area contributed by atoms with E-state index in [0.29, 0.717) is 33.6 Å². The van der Waals surface area contributed by atoms with Crippen LogP contribution in [-0.2, 0) is 4.57 Å². The van der Waals surface area contributed by atoms with Crippen molar-refractivity contribution in [2.75, 3.05) is 0 Å². The molecule has 0 bridgehead atoms. The minimum absolute atomic E-state index is 0.580. The fraction of sp³-hybridized carbons (Fsp3) is 0. The molecule has 4 nitrogen and oxygen atoms in total. The topological polar surface area (TPSA) is 40.5 Å². The van der Waals surface area contributed by atoms with Crippen molar-refractivity contribution < 1.29 is 14.0 Å². The summed E-state index contributed by atoms with van der Waals surface area (Å²) < 4.78 is 33.7. The molecular weight excluding hydrogens is 630 g/mol. The van der Waals surface area contributed by atoms with E-state index in [2.05, 4.69) is 108 Å². The normalized spacial score (nSPS) is 16.0. The molecule has 0 aliphatic carbocycles. The third-order valence-corrected chi connectivity index (χ3v) is 14.1. The van der Waals surface area contributed by atoms with Gasteiger partial charge in [0.15, 0.2) is 7.14 Å². The molecule has 9 aromatic rings. The Morgan fingerprint density at radius 3 is 1.94 bits per heavy atom. The third kappa shape index (κ3) is 3.42. The molecule has 7 aromatic carbocycles. The Morgan fingerprint density at radius 2 is 1.17 bits per heavy atom. The fourth-order valence-corrected chi connectivity index (χ4v) is 11.9. The van der Waals surface area contributed by atoms with Crippen molar-refractivity contribution in [3.05, 3.63) is 146 Å². The number of fused-ring (bicyclic) bond motifs is 11. The van der Waals surface area contributed by atoms with Crippen LogP contribution in [0, 0.1) is 0 Å². The Labute approximate surface area is 279 Å². The molecule has 0 saturated carbocycles. The molecule has 2 aromatic heterocycles. The van der Waals surface area contributed by atoms with Crippen molar-refractivity contribution in [3.8, 4) is 39.8 Å². The van der Waals surface area contributed by atoms with E-state index in [-0.39, 0.29) is 0 Å². The highest BCUT2D eigenvalue weighted by Gasteiger charge is 2.47. The van der Waals surface area contributed by atoms with Gasteiger partial charge in [-0.15, -0.1) is 11.3 Å². The summed E-state index contributed by atoms with van der Waals surface area (Å²) >= 11 is 1.73. The van der Waals surface area contributed by atoms with Crippen molar-refractivity contribution in [1.29, 1.82) is 0 Å². The second-order valence-corrected chi connectivity index (χ2v) is 16.1. The van der Waals surface area contributed by atoms with Crippen LogP contribution in [0.1, 0.15) is 0 Å². The molecule has 11 rings (SSSR count). The van der Waals surface area contributed by atoms with Crippen LogP contribution in [0.3, 0.4) is 0 Å². The van der Waals surface area contributed by atoms with Gasteiger partial charge in [-0.25, -0.2) is 0 Å². The summed E-state index contributed by atoms with van der Waals surface area (Å²) in [6, 6.07) is 49.9. The van der Waals surface area contributed by atoms with Crippen molar-refractivity contribution in [2.45, 2.75) is 0 Å². The van der Waals surface area contributed by atoms with Gasteiger partial charge in [-0.2, -0.15) is 0 Å². The van der Waals surface area contributed by atoms with Crippen LogP contribution >= 0.6 is 18.5 Å². The molecule has 1 unspecified atom stereocenters. The Hall–Kier alpha value is -5.61. The molecule has 2 aliphatic heterocycles. The van der Waals surface area contributed by atoms with Gasteiger partial charge in [0.25, 0.3) is 0 Å². The van der Waals surface area contributed by atoms with Gasteiger partial charge >= 0.3 is 0 Å². The summed E-state index contributed by atoms with van der Waals surface area (Å²) in [5.41, 5.74) is 5.39. The zero-order valence-electron chi connectivity index (χ0n) is 25.4. The van der Waals surface area contributed by atoms with Crippen LogP contribution in [-0.4, -0.2) is 4.57 Å². The van der Waals surface area contributed by atoms with Gasteiger partial charge in [-0.1, -0.05) is 78.9 Å². The molecule has 48 heavy (non-hydrogen) atoms. The number of ether oxygens (including phenoxy) is 2.